The van der Waals surface area contributed by atoms with E-state index in [9.17, 15) is 4.79 Å². The molecular formula is C14H25NO3. The lowest BCUT2D eigenvalue weighted by atomic mass is 10.0. The molecule has 0 bridgehead atoms. The maximum Gasteiger partial charge on any atom is 0.223 e. The molecule has 18 heavy (non-hydrogen) atoms. The van der Waals surface area contributed by atoms with E-state index in [2.05, 4.69) is 6.58 Å². The van der Waals surface area contributed by atoms with Crippen LogP contribution in [0.25, 0.3) is 0 Å². The van der Waals surface area contributed by atoms with Gasteiger partial charge in [-0.3, -0.25) is 4.79 Å². The molecule has 1 unspecified atom stereocenters. The first kappa shape index (κ1) is 15.2. The summed E-state index contributed by atoms with van der Waals surface area (Å²) in [5, 5.41) is 0. The van der Waals surface area contributed by atoms with Crippen molar-refractivity contribution < 1.29 is 14.3 Å². The summed E-state index contributed by atoms with van der Waals surface area (Å²) in [6.07, 6.45) is 1.25. The molecule has 4 nitrogen and oxygen atoms in total. The summed E-state index contributed by atoms with van der Waals surface area (Å²) in [6.45, 7) is 11.6. The fraction of sp³-hybridized carbons (Fsp3) is 0.786. The summed E-state index contributed by atoms with van der Waals surface area (Å²) < 4.78 is 11.0. The molecular weight excluding hydrogens is 230 g/mol. The quantitative estimate of drug-likeness (QED) is 0.705. The molecule has 0 spiro atoms. The van der Waals surface area contributed by atoms with Crippen molar-refractivity contribution >= 4 is 5.91 Å². The Balaban J connectivity index is 2.58. The van der Waals surface area contributed by atoms with E-state index in [-0.39, 0.29) is 17.6 Å². The molecule has 1 rings (SSSR count). The van der Waals surface area contributed by atoms with Crippen LogP contribution in [0, 0.1) is 0 Å². The van der Waals surface area contributed by atoms with Gasteiger partial charge in [-0.15, -0.1) is 6.58 Å². The number of hydrogen-bond donors (Lipinski definition) is 0. The highest BCUT2D eigenvalue weighted by Gasteiger charge is 2.35. The number of ether oxygens (including phenoxy) is 2. The van der Waals surface area contributed by atoms with Crippen LogP contribution in [0.2, 0.25) is 0 Å². The second kappa shape index (κ2) is 6.34. The molecule has 1 fully saturated rings. The van der Waals surface area contributed by atoms with E-state index < -0.39 is 0 Å². The smallest absolute Gasteiger partial charge is 0.223 e. The molecule has 1 saturated heterocycles. The molecule has 1 aliphatic heterocycles. The Bertz CT molecular complexity index is 312. The highest BCUT2D eigenvalue weighted by molar-refractivity contribution is 5.76. The van der Waals surface area contributed by atoms with Crippen molar-refractivity contribution in [2.24, 2.45) is 0 Å². The van der Waals surface area contributed by atoms with Gasteiger partial charge in [-0.2, -0.15) is 0 Å². The molecule has 104 valence electrons. The van der Waals surface area contributed by atoms with Gasteiger partial charge in [0.05, 0.1) is 18.3 Å². The van der Waals surface area contributed by atoms with Gasteiger partial charge in [-0.25, -0.2) is 0 Å². The van der Waals surface area contributed by atoms with E-state index in [0.29, 0.717) is 26.1 Å². The van der Waals surface area contributed by atoms with Gasteiger partial charge in [0.25, 0.3) is 0 Å². The van der Waals surface area contributed by atoms with Gasteiger partial charge in [-0.1, -0.05) is 5.57 Å². The van der Waals surface area contributed by atoms with Crippen molar-refractivity contribution in [3.05, 3.63) is 12.2 Å². The number of methoxy groups -OCH3 is 1. The number of allylic oxidation sites excluding steroid dienone is 1. The van der Waals surface area contributed by atoms with Crippen molar-refractivity contribution in [2.75, 3.05) is 26.8 Å². The molecule has 1 amide bonds. The zero-order valence-corrected chi connectivity index (χ0v) is 12.0. The van der Waals surface area contributed by atoms with E-state index in [1.54, 1.807) is 7.11 Å². The summed E-state index contributed by atoms with van der Waals surface area (Å²) in [7, 11) is 1.65. The maximum atomic E-state index is 12.1. The summed E-state index contributed by atoms with van der Waals surface area (Å²) in [5.74, 6) is 0.176. The zero-order valence-electron chi connectivity index (χ0n) is 12.0. The summed E-state index contributed by atoms with van der Waals surface area (Å²) in [4.78, 5) is 14.0. The molecule has 1 aliphatic rings. The Kier molecular flexibility index (Phi) is 5.35. The van der Waals surface area contributed by atoms with Crippen LogP contribution in [-0.2, 0) is 14.3 Å². The minimum absolute atomic E-state index is 0.0347. The number of amides is 1. The SMILES string of the molecule is C=C(C)CCC(=O)N1CC(COC)OC(C)(C)C1. The molecule has 0 aliphatic carbocycles. The topological polar surface area (TPSA) is 38.8 Å². The van der Waals surface area contributed by atoms with Gasteiger partial charge in [0.1, 0.15) is 0 Å². The predicted molar refractivity (Wildman–Crippen MR) is 71.5 cm³/mol. The average Bonchev–Trinajstić information content (AvgIpc) is 2.24. The number of carbonyl (C=O) groups is 1. The number of morpholine rings is 1. The minimum atomic E-state index is -0.305. The van der Waals surface area contributed by atoms with E-state index in [1.165, 1.54) is 0 Å². The molecule has 0 aromatic carbocycles. The molecule has 0 N–H and O–H groups in total. The van der Waals surface area contributed by atoms with Gasteiger partial charge >= 0.3 is 0 Å². The standard InChI is InChI=1S/C14H25NO3/c1-11(2)6-7-13(16)15-8-12(9-17-5)18-14(3,4)10-15/h12H,1,6-10H2,2-5H3. The van der Waals surface area contributed by atoms with Crippen LogP contribution >= 0.6 is 0 Å². The van der Waals surface area contributed by atoms with Crippen molar-refractivity contribution in [1.29, 1.82) is 0 Å². The summed E-state index contributed by atoms with van der Waals surface area (Å²) >= 11 is 0. The molecule has 0 saturated carbocycles. The predicted octanol–water partition coefficient (Wildman–Crippen LogP) is 2.00. The molecule has 0 aromatic heterocycles. The Morgan fingerprint density at radius 1 is 1.50 bits per heavy atom. The Morgan fingerprint density at radius 2 is 2.17 bits per heavy atom. The lowest BCUT2D eigenvalue weighted by Gasteiger charge is -2.42. The maximum absolute atomic E-state index is 12.1. The lowest BCUT2D eigenvalue weighted by molar-refractivity contribution is -0.168. The molecule has 1 heterocycles. The number of hydrogen-bond acceptors (Lipinski definition) is 3. The number of nitrogens with zero attached hydrogens (tertiary/aromatic N) is 1. The monoisotopic (exact) mass is 255 g/mol. The molecule has 0 radical (unpaired) electrons. The Labute approximate surface area is 110 Å². The van der Waals surface area contributed by atoms with Crippen LogP contribution in [-0.4, -0.2) is 49.3 Å². The highest BCUT2D eigenvalue weighted by Crippen LogP contribution is 2.22. The number of rotatable bonds is 5. The van der Waals surface area contributed by atoms with Crippen molar-refractivity contribution in [3.8, 4) is 0 Å². The third kappa shape index (κ3) is 4.78. The summed E-state index contributed by atoms with van der Waals surface area (Å²) in [6, 6.07) is 0. The van der Waals surface area contributed by atoms with E-state index in [1.807, 2.05) is 25.7 Å². The minimum Gasteiger partial charge on any atom is -0.382 e. The fourth-order valence-electron chi connectivity index (χ4n) is 2.24. The third-order valence-corrected chi connectivity index (χ3v) is 2.95. The van der Waals surface area contributed by atoms with Gasteiger partial charge in [0, 0.05) is 26.6 Å². The first-order valence-electron chi connectivity index (χ1n) is 6.43. The van der Waals surface area contributed by atoms with Crippen LogP contribution in [0.15, 0.2) is 12.2 Å². The molecule has 4 heteroatoms. The van der Waals surface area contributed by atoms with Crippen molar-refractivity contribution in [1.82, 2.24) is 4.90 Å². The first-order chi connectivity index (χ1) is 8.34. The van der Waals surface area contributed by atoms with Crippen LogP contribution < -0.4 is 0 Å². The lowest BCUT2D eigenvalue weighted by Crippen LogP contribution is -2.55. The van der Waals surface area contributed by atoms with Crippen LogP contribution in [0.4, 0.5) is 0 Å². The first-order valence-corrected chi connectivity index (χ1v) is 6.43. The second-order valence-electron chi connectivity index (χ2n) is 5.69. The average molecular weight is 255 g/mol. The van der Waals surface area contributed by atoms with Gasteiger partial charge in [0.2, 0.25) is 5.91 Å². The molecule has 0 aromatic rings. The van der Waals surface area contributed by atoms with Gasteiger partial charge in [0.15, 0.2) is 0 Å². The van der Waals surface area contributed by atoms with Crippen LogP contribution in [0.5, 0.6) is 0 Å². The largest absolute Gasteiger partial charge is 0.382 e. The second-order valence-corrected chi connectivity index (χ2v) is 5.69. The fourth-order valence-corrected chi connectivity index (χ4v) is 2.24. The van der Waals surface area contributed by atoms with Crippen molar-refractivity contribution in [2.45, 2.75) is 45.3 Å². The van der Waals surface area contributed by atoms with Crippen molar-refractivity contribution in [3.63, 3.8) is 0 Å². The Hall–Kier alpha value is -0.870. The van der Waals surface area contributed by atoms with E-state index in [4.69, 9.17) is 9.47 Å². The highest BCUT2D eigenvalue weighted by atomic mass is 16.5. The normalized spacial score (nSPS) is 22.9. The van der Waals surface area contributed by atoms with E-state index >= 15 is 0 Å². The van der Waals surface area contributed by atoms with Gasteiger partial charge < -0.3 is 14.4 Å². The summed E-state index contributed by atoms with van der Waals surface area (Å²) in [5.41, 5.74) is 0.740. The zero-order chi connectivity index (χ0) is 13.8. The van der Waals surface area contributed by atoms with E-state index in [0.717, 1.165) is 12.0 Å². The molecule has 1 atom stereocenters. The van der Waals surface area contributed by atoms with Crippen LogP contribution in [0.1, 0.15) is 33.6 Å². The number of carbonyl (C=O) groups excluding carboxylic acids is 1. The van der Waals surface area contributed by atoms with Crippen LogP contribution in [0.3, 0.4) is 0 Å². The van der Waals surface area contributed by atoms with Gasteiger partial charge in [-0.05, 0) is 27.2 Å². The Morgan fingerprint density at radius 3 is 2.72 bits per heavy atom. The third-order valence-electron chi connectivity index (χ3n) is 2.95.